The Morgan fingerprint density at radius 2 is 2.09 bits per heavy atom. The lowest BCUT2D eigenvalue weighted by atomic mass is 10.1. The van der Waals surface area contributed by atoms with Crippen LogP contribution in [0.25, 0.3) is 5.69 Å². The van der Waals surface area contributed by atoms with Gasteiger partial charge in [-0.15, -0.1) is 10.2 Å². The maximum atomic E-state index is 4.25. The molecule has 0 radical (unpaired) electrons. The van der Waals surface area contributed by atoms with E-state index in [1.54, 1.807) is 6.20 Å². The summed E-state index contributed by atoms with van der Waals surface area (Å²) in [7, 11) is 0. The zero-order valence-electron chi connectivity index (χ0n) is 13.2. The molecule has 0 amide bonds. The van der Waals surface area contributed by atoms with Crippen molar-refractivity contribution in [3.05, 3.63) is 59.9 Å². The summed E-state index contributed by atoms with van der Waals surface area (Å²) in [6.45, 7) is 3.85. The van der Waals surface area contributed by atoms with E-state index in [0.717, 1.165) is 43.3 Å². The van der Waals surface area contributed by atoms with Gasteiger partial charge in [0.2, 0.25) is 0 Å². The fourth-order valence-electron chi connectivity index (χ4n) is 3.08. The second-order valence-corrected chi connectivity index (χ2v) is 6.01. The molecule has 23 heavy (non-hydrogen) atoms. The summed E-state index contributed by atoms with van der Waals surface area (Å²) < 4.78 is 4.09. The molecule has 0 fully saturated rings. The summed E-state index contributed by atoms with van der Waals surface area (Å²) in [5.41, 5.74) is 2.37. The Morgan fingerprint density at radius 1 is 1.22 bits per heavy atom. The van der Waals surface area contributed by atoms with Gasteiger partial charge in [-0.1, -0.05) is 12.1 Å². The molecule has 118 valence electrons. The van der Waals surface area contributed by atoms with Crippen molar-refractivity contribution in [2.24, 2.45) is 0 Å². The maximum Gasteiger partial charge on any atom is 0.133 e. The fraction of sp³-hybridized carbons (Fsp3) is 0.353. The standard InChI is InChI=1S/C17H20N6/c1-13-20-21-17-8-5-15(12-22(13)17)18-11-14-3-6-16(7-4-14)23-10-2-9-19-23/h2-4,6-7,9-10,15,18H,5,8,11-12H2,1H3. The molecule has 1 atom stereocenters. The number of hydrogen-bond acceptors (Lipinski definition) is 4. The third-order valence-electron chi connectivity index (χ3n) is 4.43. The van der Waals surface area contributed by atoms with Gasteiger partial charge in [0, 0.05) is 37.9 Å². The van der Waals surface area contributed by atoms with Crippen molar-refractivity contribution in [1.29, 1.82) is 0 Å². The van der Waals surface area contributed by atoms with Crippen LogP contribution in [-0.2, 0) is 19.5 Å². The van der Waals surface area contributed by atoms with Crippen LogP contribution in [-0.4, -0.2) is 30.6 Å². The highest BCUT2D eigenvalue weighted by atomic mass is 15.3. The summed E-state index contributed by atoms with van der Waals surface area (Å²) in [5.74, 6) is 2.12. The largest absolute Gasteiger partial charge is 0.314 e. The number of aryl methyl sites for hydroxylation is 2. The summed E-state index contributed by atoms with van der Waals surface area (Å²) >= 11 is 0. The minimum absolute atomic E-state index is 0.475. The summed E-state index contributed by atoms with van der Waals surface area (Å²) in [5, 5.41) is 16.3. The van der Waals surface area contributed by atoms with Crippen molar-refractivity contribution in [2.45, 2.75) is 38.9 Å². The van der Waals surface area contributed by atoms with Crippen LogP contribution < -0.4 is 5.32 Å². The molecule has 0 aliphatic carbocycles. The van der Waals surface area contributed by atoms with Gasteiger partial charge < -0.3 is 9.88 Å². The molecular weight excluding hydrogens is 288 g/mol. The van der Waals surface area contributed by atoms with E-state index in [2.05, 4.69) is 49.4 Å². The number of nitrogens with zero attached hydrogens (tertiary/aromatic N) is 5. The van der Waals surface area contributed by atoms with Gasteiger partial charge in [-0.3, -0.25) is 0 Å². The Hall–Kier alpha value is -2.47. The average molecular weight is 308 g/mol. The minimum atomic E-state index is 0.475. The van der Waals surface area contributed by atoms with Crippen LogP contribution in [0.3, 0.4) is 0 Å². The Balaban J connectivity index is 1.37. The minimum Gasteiger partial charge on any atom is -0.314 e. The van der Waals surface area contributed by atoms with E-state index in [1.165, 1.54) is 5.56 Å². The van der Waals surface area contributed by atoms with E-state index in [-0.39, 0.29) is 0 Å². The normalized spacial score (nSPS) is 17.2. The molecule has 1 N–H and O–H groups in total. The molecule has 0 saturated heterocycles. The quantitative estimate of drug-likeness (QED) is 0.799. The first-order chi connectivity index (χ1) is 11.3. The van der Waals surface area contributed by atoms with Crippen molar-refractivity contribution in [1.82, 2.24) is 29.9 Å². The van der Waals surface area contributed by atoms with Crippen LogP contribution >= 0.6 is 0 Å². The summed E-state index contributed by atoms with van der Waals surface area (Å²) in [4.78, 5) is 0. The smallest absolute Gasteiger partial charge is 0.133 e. The van der Waals surface area contributed by atoms with Gasteiger partial charge in [-0.05, 0) is 37.1 Å². The SMILES string of the molecule is Cc1nnc2n1CC(NCc1ccc(-n3cccn3)cc1)CC2. The van der Waals surface area contributed by atoms with Crippen LogP contribution in [0.2, 0.25) is 0 Å². The van der Waals surface area contributed by atoms with E-state index in [0.29, 0.717) is 6.04 Å². The predicted octanol–water partition coefficient (Wildman–Crippen LogP) is 1.88. The molecular formula is C17H20N6. The Kier molecular flexibility index (Phi) is 3.67. The van der Waals surface area contributed by atoms with Gasteiger partial charge >= 0.3 is 0 Å². The molecule has 1 aliphatic heterocycles. The second-order valence-electron chi connectivity index (χ2n) is 6.01. The Bertz CT molecular complexity index is 772. The van der Waals surface area contributed by atoms with E-state index >= 15 is 0 Å². The highest BCUT2D eigenvalue weighted by Crippen LogP contribution is 2.15. The van der Waals surface area contributed by atoms with Crippen molar-refractivity contribution in [3.63, 3.8) is 0 Å². The molecule has 0 saturated carbocycles. The molecule has 3 heterocycles. The van der Waals surface area contributed by atoms with Gasteiger partial charge in [-0.2, -0.15) is 5.10 Å². The number of fused-ring (bicyclic) bond motifs is 1. The first-order valence-corrected chi connectivity index (χ1v) is 8.00. The zero-order chi connectivity index (χ0) is 15.6. The van der Waals surface area contributed by atoms with Crippen LogP contribution in [0, 0.1) is 6.92 Å². The van der Waals surface area contributed by atoms with Crippen molar-refractivity contribution in [2.75, 3.05) is 0 Å². The fourth-order valence-corrected chi connectivity index (χ4v) is 3.08. The highest BCUT2D eigenvalue weighted by molar-refractivity contribution is 5.33. The van der Waals surface area contributed by atoms with E-state index in [9.17, 15) is 0 Å². The average Bonchev–Trinajstić information content (AvgIpc) is 3.24. The van der Waals surface area contributed by atoms with Crippen LogP contribution in [0.5, 0.6) is 0 Å². The number of rotatable bonds is 4. The molecule has 1 unspecified atom stereocenters. The Morgan fingerprint density at radius 3 is 2.87 bits per heavy atom. The predicted molar refractivity (Wildman–Crippen MR) is 87.3 cm³/mol. The van der Waals surface area contributed by atoms with Gasteiger partial charge in [0.15, 0.2) is 0 Å². The lowest BCUT2D eigenvalue weighted by molar-refractivity contribution is 0.375. The first kappa shape index (κ1) is 14.1. The van der Waals surface area contributed by atoms with Crippen molar-refractivity contribution in [3.8, 4) is 5.69 Å². The molecule has 1 aromatic carbocycles. The number of benzene rings is 1. The van der Waals surface area contributed by atoms with Crippen LogP contribution in [0.4, 0.5) is 0 Å². The van der Waals surface area contributed by atoms with E-state index in [1.807, 2.05) is 23.9 Å². The van der Waals surface area contributed by atoms with Crippen molar-refractivity contribution >= 4 is 0 Å². The molecule has 1 aliphatic rings. The topological polar surface area (TPSA) is 60.6 Å². The molecule has 2 aromatic heterocycles. The summed E-state index contributed by atoms with van der Waals surface area (Å²) in [6, 6.07) is 10.9. The molecule has 3 aromatic rings. The molecule has 6 nitrogen and oxygen atoms in total. The number of nitrogens with one attached hydrogen (secondary N) is 1. The van der Waals surface area contributed by atoms with Gasteiger partial charge in [0.25, 0.3) is 0 Å². The highest BCUT2D eigenvalue weighted by Gasteiger charge is 2.20. The zero-order valence-corrected chi connectivity index (χ0v) is 13.2. The third-order valence-corrected chi connectivity index (χ3v) is 4.43. The van der Waals surface area contributed by atoms with Gasteiger partial charge in [-0.25, -0.2) is 4.68 Å². The first-order valence-electron chi connectivity index (χ1n) is 8.00. The van der Waals surface area contributed by atoms with Crippen molar-refractivity contribution < 1.29 is 0 Å². The van der Waals surface area contributed by atoms with Gasteiger partial charge in [0.05, 0.1) is 5.69 Å². The third kappa shape index (κ3) is 2.90. The number of aromatic nitrogens is 5. The molecule has 0 bridgehead atoms. The van der Waals surface area contributed by atoms with E-state index < -0.39 is 0 Å². The monoisotopic (exact) mass is 308 g/mol. The lowest BCUT2D eigenvalue weighted by Crippen LogP contribution is -2.37. The summed E-state index contributed by atoms with van der Waals surface area (Å²) in [6.07, 6.45) is 5.86. The maximum absolute atomic E-state index is 4.25. The van der Waals surface area contributed by atoms with Gasteiger partial charge in [0.1, 0.15) is 11.6 Å². The van der Waals surface area contributed by atoms with Crippen LogP contribution in [0.1, 0.15) is 23.6 Å². The second kappa shape index (κ2) is 5.96. The Labute approximate surface area is 135 Å². The molecule has 6 heteroatoms. The number of hydrogen-bond donors (Lipinski definition) is 1. The van der Waals surface area contributed by atoms with E-state index in [4.69, 9.17) is 0 Å². The lowest BCUT2D eigenvalue weighted by Gasteiger charge is -2.25. The molecule has 4 rings (SSSR count). The molecule has 0 spiro atoms. The van der Waals surface area contributed by atoms with Crippen LogP contribution in [0.15, 0.2) is 42.7 Å².